The highest BCUT2D eigenvalue weighted by atomic mass is 32.1. The Hall–Kier alpha value is -1.64. The highest BCUT2D eigenvalue weighted by Crippen LogP contribution is 2.38. The van der Waals surface area contributed by atoms with E-state index in [0.29, 0.717) is 41.6 Å². The van der Waals surface area contributed by atoms with Crippen LogP contribution in [-0.2, 0) is 4.65 Å². The summed E-state index contributed by atoms with van der Waals surface area (Å²) in [6.45, 7) is 2.75. The van der Waals surface area contributed by atoms with Crippen molar-refractivity contribution in [3.05, 3.63) is 29.0 Å². The van der Waals surface area contributed by atoms with Crippen LogP contribution in [0.4, 0.5) is 4.39 Å². The molecule has 0 radical (unpaired) electrons. The zero-order valence-corrected chi connectivity index (χ0v) is 13.7. The van der Waals surface area contributed by atoms with Gasteiger partial charge in [-0.1, -0.05) is 0 Å². The molecule has 1 saturated heterocycles. The summed E-state index contributed by atoms with van der Waals surface area (Å²) in [6.07, 6.45) is 0.512. The van der Waals surface area contributed by atoms with Crippen LogP contribution in [0.25, 0.3) is 10.6 Å². The third kappa shape index (κ3) is 3.34. The molecule has 1 atom stereocenters. The molecule has 1 unspecified atom stereocenters. The molecule has 0 bridgehead atoms. The molecule has 3 rings (SSSR count). The molecular weight excluding hydrogens is 320 g/mol. The third-order valence-electron chi connectivity index (χ3n) is 3.70. The molecule has 2 aromatic rings. The van der Waals surface area contributed by atoms with Gasteiger partial charge in [0.15, 0.2) is 11.5 Å². The maximum absolute atomic E-state index is 14.4. The first-order valence-corrected chi connectivity index (χ1v) is 8.26. The van der Waals surface area contributed by atoms with E-state index < -0.39 is 12.9 Å². The first-order valence-electron chi connectivity index (χ1n) is 7.38. The third-order valence-corrected chi connectivity index (χ3v) is 4.59. The highest BCUT2D eigenvalue weighted by Gasteiger charge is 2.31. The van der Waals surface area contributed by atoms with Crippen LogP contribution < -0.4 is 9.47 Å². The second kappa shape index (κ2) is 6.86. The fraction of sp³-hybridized carbons (Fsp3) is 0.400. The molecule has 23 heavy (non-hydrogen) atoms. The lowest BCUT2D eigenvalue weighted by atomic mass is 9.81. The number of hydrogen-bond acceptors (Lipinski definition) is 6. The van der Waals surface area contributed by atoms with Gasteiger partial charge in [0.1, 0.15) is 10.8 Å². The second-order valence-corrected chi connectivity index (χ2v) is 6.07. The number of rotatable bonds is 5. The van der Waals surface area contributed by atoms with Gasteiger partial charge in [-0.25, -0.2) is 9.37 Å². The molecule has 8 heteroatoms. The summed E-state index contributed by atoms with van der Waals surface area (Å²) >= 11 is 1.36. The van der Waals surface area contributed by atoms with Crippen LogP contribution in [0, 0.1) is 5.82 Å². The number of aromatic nitrogens is 1. The topological polar surface area (TPSA) is 60.8 Å². The van der Waals surface area contributed by atoms with E-state index in [1.54, 1.807) is 6.07 Å². The molecule has 5 nitrogen and oxygen atoms in total. The Kier molecular flexibility index (Phi) is 4.84. The monoisotopic (exact) mass is 337 g/mol. The summed E-state index contributed by atoms with van der Waals surface area (Å²) in [5.74, 6) is 0.483. The summed E-state index contributed by atoms with van der Waals surface area (Å²) in [5, 5.41) is 11.9. The van der Waals surface area contributed by atoms with Gasteiger partial charge < -0.3 is 19.2 Å². The van der Waals surface area contributed by atoms with Crippen molar-refractivity contribution in [2.45, 2.75) is 19.2 Å². The van der Waals surface area contributed by atoms with Crippen molar-refractivity contribution in [3.63, 3.8) is 0 Å². The van der Waals surface area contributed by atoms with Gasteiger partial charge in [-0.15, -0.1) is 11.3 Å². The average molecular weight is 337 g/mol. The van der Waals surface area contributed by atoms with E-state index in [-0.39, 0.29) is 5.92 Å². The zero-order valence-electron chi connectivity index (χ0n) is 12.9. The minimum Gasteiger partial charge on any atom is -0.493 e. The standard InChI is InChI=1S/C15H17BFNO4S/c1-3-21-14-4-10(11(17)5-13(14)20-2)15-18-12(8-23-15)9-6-16(19)22-7-9/h4-5,8-9,19H,3,6-7H2,1-2H3. The van der Waals surface area contributed by atoms with Crippen LogP contribution in [0.5, 0.6) is 11.5 Å². The fourth-order valence-corrected chi connectivity index (χ4v) is 3.46. The van der Waals surface area contributed by atoms with Gasteiger partial charge in [-0.2, -0.15) is 0 Å². The molecule has 2 heterocycles. The summed E-state index contributed by atoms with van der Waals surface area (Å²) in [4.78, 5) is 4.51. The molecule has 1 aliphatic rings. The number of nitrogens with zero attached hydrogens (tertiary/aromatic N) is 1. The van der Waals surface area contributed by atoms with Gasteiger partial charge in [0.2, 0.25) is 0 Å². The van der Waals surface area contributed by atoms with E-state index in [2.05, 4.69) is 4.98 Å². The summed E-state index contributed by atoms with van der Waals surface area (Å²) in [7, 11) is 0.733. The van der Waals surface area contributed by atoms with E-state index in [0.717, 1.165) is 5.69 Å². The van der Waals surface area contributed by atoms with Crippen LogP contribution in [0.1, 0.15) is 18.5 Å². The van der Waals surface area contributed by atoms with Crippen LogP contribution in [-0.4, -0.2) is 37.4 Å². The molecule has 1 aromatic carbocycles. The van der Waals surface area contributed by atoms with Gasteiger partial charge in [0.25, 0.3) is 0 Å². The fourth-order valence-electron chi connectivity index (χ4n) is 2.54. The number of thiazole rings is 1. The summed E-state index contributed by atoms with van der Waals surface area (Å²) in [5.41, 5.74) is 1.19. The molecule has 1 N–H and O–H groups in total. The largest absolute Gasteiger partial charge is 0.493 e. The SMILES string of the molecule is CCOc1cc(-c2nc(C3COB(O)C3)cs2)c(F)cc1OC. The number of halogens is 1. The van der Waals surface area contributed by atoms with E-state index in [1.807, 2.05) is 12.3 Å². The molecule has 0 aliphatic carbocycles. The molecule has 1 aromatic heterocycles. The Bertz CT molecular complexity index is 696. The molecule has 122 valence electrons. The van der Waals surface area contributed by atoms with Gasteiger partial charge in [0, 0.05) is 24.0 Å². The normalized spacial score (nSPS) is 17.6. The maximum atomic E-state index is 14.4. The number of methoxy groups -OCH3 is 1. The van der Waals surface area contributed by atoms with Gasteiger partial charge in [-0.05, 0) is 19.3 Å². The molecule has 0 saturated carbocycles. The number of benzene rings is 1. The molecular formula is C15H17BFNO4S. The van der Waals surface area contributed by atoms with Crippen molar-refractivity contribution in [2.24, 2.45) is 0 Å². The van der Waals surface area contributed by atoms with Crippen molar-refractivity contribution >= 4 is 18.5 Å². The Morgan fingerprint density at radius 2 is 2.30 bits per heavy atom. The Morgan fingerprint density at radius 3 is 2.96 bits per heavy atom. The van der Waals surface area contributed by atoms with Crippen molar-refractivity contribution in [3.8, 4) is 22.1 Å². The van der Waals surface area contributed by atoms with Crippen molar-refractivity contribution in [1.29, 1.82) is 0 Å². The highest BCUT2D eigenvalue weighted by molar-refractivity contribution is 7.13. The quantitative estimate of drug-likeness (QED) is 0.850. The van der Waals surface area contributed by atoms with Crippen LogP contribution in [0.2, 0.25) is 6.32 Å². The summed E-state index contributed by atoms with van der Waals surface area (Å²) < 4.78 is 30.1. The van der Waals surface area contributed by atoms with Crippen molar-refractivity contribution in [1.82, 2.24) is 4.98 Å². The Balaban J connectivity index is 1.92. The average Bonchev–Trinajstić information content (AvgIpc) is 3.17. The van der Waals surface area contributed by atoms with E-state index in [4.69, 9.17) is 14.1 Å². The van der Waals surface area contributed by atoms with Crippen LogP contribution in [0.15, 0.2) is 17.5 Å². The first kappa shape index (κ1) is 16.2. The lowest BCUT2D eigenvalue weighted by molar-refractivity contribution is 0.291. The first-order chi connectivity index (χ1) is 11.1. The second-order valence-electron chi connectivity index (χ2n) is 5.21. The minimum atomic E-state index is -0.743. The van der Waals surface area contributed by atoms with Crippen LogP contribution >= 0.6 is 11.3 Å². The van der Waals surface area contributed by atoms with Gasteiger partial charge in [-0.3, -0.25) is 0 Å². The van der Waals surface area contributed by atoms with Crippen LogP contribution in [0.3, 0.4) is 0 Å². The van der Waals surface area contributed by atoms with Gasteiger partial charge in [0.05, 0.1) is 25.0 Å². The lowest BCUT2D eigenvalue weighted by Gasteiger charge is -2.11. The summed E-state index contributed by atoms with van der Waals surface area (Å²) in [6, 6.07) is 2.92. The zero-order chi connectivity index (χ0) is 16.4. The smallest absolute Gasteiger partial charge is 0.454 e. The maximum Gasteiger partial charge on any atom is 0.454 e. The van der Waals surface area contributed by atoms with Crippen molar-refractivity contribution < 1.29 is 23.5 Å². The molecule has 1 fully saturated rings. The molecule has 1 aliphatic heterocycles. The minimum absolute atomic E-state index is 0.0441. The van der Waals surface area contributed by atoms with E-state index in [1.165, 1.54) is 24.5 Å². The Labute approximate surface area is 138 Å². The Morgan fingerprint density at radius 1 is 1.48 bits per heavy atom. The molecule has 0 spiro atoms. The predicted molar refractivity (Wildman–Crippen MR) is 86.7 cm³/mol. The van der Waals surface area contributed by atoms with Gasteiger partial charge >= 0.3 is 7.12 Å². The molecule has 0 amide bonds. The van der Waals surface area contributed by atoms with E-state index in [9.17, 15) is 9.41 Å². The van der Waals surface area contributed by atoms with Crippen molar-refractivity contribution in [2.75, 3.05) is 20.3 Å². The number of ether oxygens (including phenoxy) is 2. The van der Waals surface area contributed by atoms with E-state index >= 15 is 0 Å². The predicted octanol–water partition coefficient (Wildman–Crippen LogP) is 2.95. The lowest BCUT2D eigenvalue weighted by Crippen LogP contribution is -2.07. The number of hydrogen-bond donors (Lipinski definition) is 1.